The summed E-state index contributed by atoms with van der Waals surface area (Å²) in [5, 5.41) is 6.44. The zero-order chi connectivity index (χ0) is 15.4. The van der Waals surface area contributed by atoms with Crippen LogP contribution >= 0.6 is 0 Å². The number of hydrogen-bond acceptors (Lipinski definition) is 3. The van der Waals surface area contributed by atoms with Gasteiger partial charge < -0.3 is 15.6 Å². The molecule has 0 bridgehead atoms. The molecule has 0 amide bonds. The molecule has 112 valence electrons. The fourth-order valence-corrected chi connectivity index (χ4v) is 1.85. The van der Waals surface area contributed by atoms with E-state index in [4.69, 9.17) is 10.3 Å². The molecular weight excluding hydrogens is 278 g/mol. The number of rotatable bonds is 4. The molecular formula is C14H16F2N4O. The summed E-state index contributed by atoms with van der Waals surface area (Å²) in [5.74, 6) is -0.512. The Morgan fingerprint density at radius 3 is 2.90 bits per heavy atom. The van der Waals surface area contributed by atoms with Crippen molar-refractivity contribution in [3.05, 3.63) is 46.9 Å². The zero-order valence-corrected chi connectivity index (χ0v) is 11.8. The van der Waals surface area contributed by atoms with Crippen molar-refractivity contribution >= 4 is 11.6 Å². The average Bonchev–Trinajstić information content (AvgIpc) is 2.81. The normalized spacial score (nSPS) is 11.7. The highest BCUT2D eigenvalue weighted by Crippen LogP contribution is 2.16. The second-order valence-corrected chi connectivity index (χ2v) is 4.47. The maximum absolute atomic E-state index is 13.5. The molecule has 0 aliphatic rings. The molecule has 1 heterocycles. The zero-order valence-electron chi connectivity index (χ0n) is 11.8. The van der Waals surface area contributed by atoms with Crippen LogP contribution in [0.3, 0.4) is 0 Å². The van der Waals surface area contributed by atoms with Crippen molar-refractivity contribution in [3.8, 4) is 0 Å². The molecule has 0 aliphatic heterocycles. The molecule has 0 aliphatic carbocycles. The number of hydrogen-bond donors (Lipinski definition) is 2. The van der Waals surface area contributed by atoms with Gasteiger partial charge in [0.15, 0.2) is 5.96 Å². The lowest BCUT2D eigenvalue weighted by atomic mass is 10.1. The van der Waals surface area contributed by atoms with E-state index < -0.39 is 11.6 Å². The van der Waals surface area contributed by atoms with Gasteiger partial charge in [-0.1, -0.05) is 12.1 Å². The molecule has 0 saturated heterocycles. The lowest BCUT2D eigenvalue weighted by Gasteiger charge is -2.07. The minimum Gasteiger partial charge on any atom is -0.370 e. The van der Waals surface area contributed by atoms with Crippen LogP contribution < -0.4 is 11.1 Å². The maximum Gasteiger partial charge on any atom is 0.193 e. The number of aromatic nitrogens is 1. The largest absolute Gasteiger partial charge is 0.370 e. The Bertz CT molecular complexity index is 667. The molecule has 0 radical (unpaired) electrons. The van der Waals surface area contributed by atoms with Gasteiger partial charge in [0, 0.05) is 11.6 Å². The molecule has 5 nitrogen and oxygen atoms in total. The van der Waals surface area contributed by atoms with Crippen LogP contribution in [0.5, 0.6) is 0 Å². The SMILES string of the molecule is CCc1noc(C)c1CN=C(N)Nc1cc(F)ccc1F. The Labute approximate surface area is 120 Å². The first kappa shape index (κ1) is 15.0. The van der Waals surface area contributed by atoms with Gasteiger partial charge in [0.25, 0.3) is 0 Å². The van der Waals surface area contributed by atoms with E-state index >= 15 is 0 Å². The van der Waals surface area contributed by atoms with Gasteiger partial charge in [-0.3, -0.25) is 0 Å². The Kier molecular flexibility index (Phi) is 4.52. The second kappa shape index (κ2) is 6.34. The lowest BCUT2D eigenvalue weighted by molar-refractivity contribution is 0.390. The molecule has 0 unspecified atom stereocenters. The van der Waals surface area contributed by atoms with Crippen molar-refractivity contribution in [2.45, 2.75) is 26.8 Å². The molecule has 21 heavy (non-hydrogen) atoms. The summed E-state index contributed by atoms with van der Waals surface area (Å²) in [6.45, 7) is 4.00. The summed E-state index contributed by atoms with van der Waals surface area (Å²) in [6, 6.07) is 3.06. The fourth-order valence-electron chi connectivity index (χ4n) is 1.85. The van der Waals surface area contributed by atoms with Crippen LogP contribution in [0.1, 0.15) is 23.9 Å². The van der Waals surface area contributed by atoms with E-state index in [0.717, 1.165) is 29.5 Å². The second-order valence-electron chi connectivity index (χ2n) is 4.47. The van der Waals surface area contributed by atoms with E-state index in [1.165, 1.54) is 0 Å². The number of nitrogens with two attached hydrogens (primary N) is 1. The van der Waals surface area contributed by atoms with Gasteiger partial charge in [0.05, 0.1) is 17.9 Å². The summed E-state index contributed by atoms with van der Waals surface area (Å²) in [4.78, 5) is 4.10. The van der Waals surface area contributed by atoms with Crippen molar-refractivity contribution in [2.24, 2.45) is 10.7 Å². The highest BCUT2D eigenvalue weighted by atomic mass is 19.1. The Hall–Kier alpha value is -2.44. The summed E-state index contributed by atoms with van der Waals surface area (Å²) in [5.41, 5.74) is 7.28. The van der Waals surface area contributed by atoms with Gasteiger partial charge in [0.1, 0.15) is 17.4 Å². The number of nitrogens with zero attached hydrogens (tertiary/aromatic N) is 2. The van der Waals surface area contributed by atoms with Crippen LogP contribution in [0.25, 0.3) is 0 Å². The van der Waals surface area contributed by atoms with Gasteiger partial charge in [0.2, 0.25) is 0 Å². The highest BCUT2D eigenvalue weighted by molar-refractivity contribution is 5.92. The predicted octanol–water partition coefficient (Wildman–Crippen LogP) is 2.75. The summed E-state index contributed by atoms with van der Waals surface area (Å²) < 4.78 is 31.6. The first-order valence-corrected chi connectivity index (χ1v) is 6.47. The standard InChI is InChI=1S/C14H16F2N4O/c1-3-12-10(8(2)21-20-12)7-18-14(17)19-13-6-9(15)4-5-11(13)16/h4-6H,3,7H2,1-2H3,(H3,17,18,19). The molecule has 0 atom stereocenters. The Morgan fingerprint density at radius 1 is 1.43 bits per heavy atom. The molecule has 0 fully saturated rings. The molecule has 2 aromatic rings. The van der Waals surface area contributed by atoms with Crippen LogP contribution in [0.2, 0.25) is 0 Å². The number of nitrogens with one attached hydrogen (secondary N) is 1. The summed E-state index contributed by atoms with van der Waals surface area (Å²) >= 11 is 0. The number of anilines is 1. The summed E-state index contributed by atoms with van der Waals surface area (Å²) in [7, 11) is 0. The van der Waals surface area contributed by atoms with E-state index in [-0.39, 0.29) is 18.2 Å². The number of aliphatic imine (C=N–C) groups is 1. The van der Waals surface area contributed by atoms with Gasteiger partial charge >= 0.3 is 0 Å². The first-order valence-electron chi connectivity index (χ1n) is 6.47. The Morgan fingerprint density at radius 2 is 2.19 bits per heavy atom. The van der Waals surface area contributed by atoms with Crippen LogP contribution in [-0.2, 0) is 13.0 Å². The van der Waals surface area contributed by atoms with Gasteiger partial charge in [-0.05, 0) is 25.5 Å². The van der Waals surface area contributed by atoms with Crippen molar-refractivity contribution in [2.75, 3.05) is 5.32 Å². The average molecular weight is 294 g/mol. The number of benzene rings is 1. The van der Waals surface area contributed by atoms with Crippen LogP contribution in [0.15, 0.2) is 27.7 Å². The first-order chi connectivity index (χ1) is 10.0. The van der Waals surface area contributed by atoms with E-state index in [1.54, 1.807) is 6.92 Å². The molecule has 0 saturated carbocycles. The van der Waals surface area contributed by atoms with Crippen LogP contribution in [0, 0.1) is 18.6 Å². The molecule has 1 aromatic heterocycles. The van der Waals surface area contributed by atoms with Crippen molar-refractivity contribution in [1.29, 1.82) is 0 Å². The maximum atomic E-state index is 13.5. The van der Waals surface area contributed by atoms with E-state index in [1.807, 2.05) is 6.92 Å². The molecule has 7 heteroatoms. The minimum absolute atomic E-state index is 0.0119. The summed E-state index contributed by atoms with van der Waals surface area (Å²) in [6.07, 6.45) is 0.716. The third-order valence-corrected chi connectivity index (χ3v) is 3.00. The van der Waals surface area contributed by atoms with E-state index in [9.17, 15) is 8.78 Å². The third kappa shape index (κ3) is 3.56. The smallest absolute Gasteiger partial charge is 0.193 e. The molecule has 0 spiro atoms. The van der Waals surface area contributed by atoms with Crippen LogP contribution in [-0.4, -0.2) is 11.1 Å². The number of aryl methyl sites for hydroxylation is 2. The van der Waals surface area contributed by atoms with E-state index in [2.05, 4.69) is 15.5 Å². The van der Waals surface area contributed by atoms with Crippen molar-refractivity contribution < 1.29 is 13.3 Å². The quantitative estimate of drug-likeness (QED) is 0.671. The molecule has 3 N–H and O–H groups in total. The van der Waals surface area contributed by atoms with Crippen LogP contribution in [0.4, 0.5) is 14.5 Å². The highest BCUT2D eigenvalue weighted by Gasteiger charge is 2.11. The predicted molar refractivity (Wildman–Crippen MR) is 75.9 cm³/mol. The van der Waals surface area contributed by atoms with Gasteiger partial charge in [-0.15, -0.1) is 0 Å². The topological polar surface area (TPSA) is 76.4 Å². The Balaban J connectivity index is 2.11. The third-order valence-electron chi connectivity index (χ3n) is 3.00. The monoisotopic (exact) mass is 294 g/mol. The minimum atomic E-state index is -0.607. The molecule has 2 rings (SSSR count). The number of halogens is 2. The van der Waals surface area contributed by atoms with Gasteiger partial charge in [-0.2, -0.15) is 0 Å². The molecule has 1 aromatic carbocycles. The van der Waals surface area contributed by atoms with Crippen molar-refractivity contribution in [1.82, 2.24) is 5.16 Å². The lowest BCUT2D eigenvalue weighted by Crippen LogP contribution is -2.23. The van der Waals surface area contributed by atoms with Gasteiger partial charge in [-0.25, -0.2) is 13.8 Å². The van der Waals surface area contributed by atoms with Crippen molar-refractivity contribution in [3.63, 3.8) is 0 Å². The van der Waals surface area contributed by atoms with E-state index in [0.29, 0.717) is 12.2 Å². The fraction of sp³-hybridized carbons (Fsp3) is 0.286. The number of guanidine groups is 1.